The highest BCUT2D eigenvalue weighted by atomic mass is 15.1. The quantitative estimate of drug-likeness (QED) is 0.845. The first kappa shape index (κ1) is 11.6. The van der Waals surface area contributed by atoms with E-state index in [1.807, 2.05) is 0 Å². The fourth-order valence-corrected chi connectivity index (χ4v) is 2.58. The van der Waals surface area contributed by atoms with E-state index >= 15 is 0 Å². The molecule has 1 aliphatic rings. The van der Waals surface area contributed by atoms with Crippen molar-refractivity contribution in [2.24, 2.45) is 17.6 Å². The number of hydrogen-bond donors (Lipinski definition) is 1. The van der Waals surface area contributed by atoms with Crippen molar-refractivity contribution in [2.75, 3.05) is 6.54 Å². The average Bonchev–Trinajstić information content (AvgIpc) is 2.61. The summed E-state index contributed by atoms with van der Waals surface area (Å²) in [5, 5.41) is 0. The Morgan fingerprint density at radius 3 is 3.06 bits per heavy atom. The molecule has 90 valence electrons. The maximum Gasteiger partial charge on any atom is 0.109 e. The van der Waals surface area contributed by atoms with E-state index in [4.69, 9.17) is 5.73 Å². The maximum absolute atomic E-state index is 5.65. The van der Waals surface area contributed by atoms with Gasteiger partial charge in [-0.25, -0.2) is 4.98 Å². The van der Waals surface area contributed by atoms with E-state index in [2.05, 4.69) is 29.6 Å². The molecule has 0 radical (unpaired) electrons. The van der Waals surface area contributed by atoms with Crippen LogP contribution in [0.15, 0.2) is 6.20 Å². The molecule has 0 fully saturated rings. The van der Waals surface area contributed by atoms with Crippen LogP contribution in [-0.2, 0) is 19.4 Å². The SMILES string of the molecule is CC(C)Cc1ncc2n1CC(CCN)CC2. The van der Waals surface area contributed by atoms with E-state index in [1.165, 1.54) is 24.4 Å². The van der Waals surface area contributed by atoms with Gasteiger partial charge >= 0.3 is 0 Å². The molecule has 1 aromatic rings. The molecule has 1 aliphatic heterocycles. The molecule has 0 aliphatic carbocycles. The van der Waals surface area contributed by atoms with Crippen molar-refractivity contribution in [3.05, 3.63) is 17.7 Å². The summed E-state index contributed by atoms with van der Waals surface area (Å²) in [6.45, 7) is 6.45. The second-order valence-electron chi connectivity index (χ2n) is 5.36. The summed E-state index contributed by atoms with van der Waals surface area (Å²) in [6, 6.07) is 0. The third-order valence-corrected chi connectivity index (χ3v) is 3.44. The molecule has 16 heavy (non-hydrogen) atoms. The Kier molecular flexibility index (Phi) is 3.64. The fourth-order valence-electron chi connectivity index (χ4n) is 2.58. The molecule has 0 spiro atoms. The molecular formula is C13H23N3. The molecule has 1 unspecified atom stereocenters. The molecule has 2 N–H and O–H groups in total. The van der Waals surface area contributed by atoms with Gasteiger partial charge < -0.3 is 10.3 Å². The Morgan fingerprint density at radius 2 is 2.38 bits per heavy atom. The van der Waals surface area contributed by atoms with Crippen molar-refractivity contribution in [1.29, 1.82) is 0 Å². The number of nitrogens with two attached hydrogens (primary N) is 1. The van der Waals surface area contributed by atoms with Gasteiger partial charge in [-0.2, -0.15) is 0 Å². The van der Waals surface area contributed by atoms with Crippen LogP contribution in [-0.4, -0.2) is 16.1 Å². The summed E-state index contributed by atoms with van der Waals surface area (Å²) < 4.78 is 2.43. The van der Waals surface area contributed by atoms with Gasteiger partial charge in [-0.15, -0.1) is 0 Å². The van der Waals surface area contributed by atoms with Crippen LogP contribution in [0.3, 0.4) is 0 Å². The van der Waals surface area contributed by atoms with Crippen molar-refractivity contribution >= 4 is 0 Å². The molecule has 3 heteroatoms. The van der Waals surface area contributed by atoms with Gasteiger partial charge in [-0.1, -0.05) is 13.8 Å². The number of hydrogen-bond acceptors (Lipinski definition) is 2. The van der Waals surface area contributed by atoms with E-state index in [1.54, 1.807) is 0 Å². The second-order valence-corrected chi connectivity index (χ2v) is 5.36. The first-order valence-electron chi connectivity index (χ1n) is 6.44. The third-order valence-electron chi connectivity index (χ3n) is 3.44. The Balaban J connectivity index is 2.11. The molecule has 0 amide bonds. The minimum absolute atomic E-state index is 0.682. The molecule has 2 rings (SSSR count). The monoisotopic (exact) mass is 221 g/mol. The van der Waals surface area contributed by atoms with Crippen molar-refractivity contribution in [3.8, 4) is 0 Å². The molecule has 0 saturated carbocycles. The van der Waals surface area contributed by atoms with E-state index in [-0.39, 0.29) is 0 Å². The lowest BCUT2D eigenvalue weighted by Gasteiger charge is -2.25. The lowest BCUT2D eigenvalue weighted by molar-refractivity contribution is 0.344. The Hall–Kier alpha value is -0.830. The van der Waals surface area contributed by atoms with Crippen LogP contribution in [0, 0.1) is 11.8 Å². The highest BCUT2D eigenvalue weighted by Gasteiger charge is 2.20. The number of fused-ring (bicyclic) bond motifs is 1. The number of imidazole rings is 1. The van der Waals surface area contributed by atoms with Gasteiger partial charge in [0.1, 0.15) is 5.82 Å². The summed E-state index contributed by atoms with van der Waals surface area (Å²) in [4.78, 5) is 4.56. The summed E-state index contributed by atoms with van der Waals surface area (Å²) in [6.07, 6.45) is 6.77. The smallest absolute Gasteiger partial charge is 0.109 e. The third kappa shape index (κ3) is 2.46. The van der Waals surface area contributed by atoms with Crippen LogP contribution < -0.4 is 5.73 Å². The molecule has 3 nitrogen and oxygen atoms in total. The molecule has 2 heterocycles. The normalized spacial score (nSPS) is 20.1. The predicted octanol–water partition coefficient (Wildman–Crippen LogP) is 1.99. The Morgan fingerprint density at radius 1 is 1.56 bits per heavy atom. The highest BCUT2D eigenvalue weighted by Crippen LogP contribution is 2.24. The Labute approximate surface area is 98.1 Å². The number of nitrogens with zero attached hydrogens (tertiary/aromatic N) is 2. The largest absolute Gasteiger partial charge is 0.332 e. The minimum atomic E-state index is 0.682. The number of aryl methyl sites for hydroxylation is 1. The van der Waals surface area contributed by atoms with Gasteiger partial charge in [0.2, 0.25) is 0 Å². The number of aromatic nitrogens is 2. The molecule has 0 aromatic carbocycles. The van der Waals surface area contributed by atoms with Crippen molar-refractivity contribution < 1.29 is 0 Å². The van der Waals surface area contributed by atoms with Gasteiger partial charge in [0, 0.05) is 24.9 Å². The lowest BCUT2D eigenvalue weighted by atomic mass is 9.95. The van der Waals surface area contributed by atoms with Crippen molar-refractivity contribution in [3.63, 3.8) is 0 Å². The van der Waals surface area contributed by atoms with Gasteiger partial charge in [0.25, 0.3) is 0 Å². The second kappa shape index (κ2) is 5.00. The fraction of sp³-hybridized carbons (Fsp3) is 0.769. The number of rotatable bonds is 4. The minimum Gasteiger partial charge on any atom is -0.332 e. The van der Waals surface area contributed by atoms with Gasteiger partial charge in [-0.3, -0.25) is 0 Å². The summed E-state index contributed by atoms with van der Waals surface area (Å²) in [7, 11) is 0. The van der Waals surface area contributed by atoms with Crippen LogP contribution in [0.5, 0.6) is 0 Å². The van der Waals surface area contributed by atoms with E-state index in [9.17, 15) is 0 Å². The first-order valence-corrected chi connectivity index (χ1v) is 6.44. The average molecular weight is 221 g/mol. The zero-order chi connectivity index (χ0) is 11.5. The summed E-state index contributed by atoms with van der Waals surface area (Å²) in [5.41, 5.74) is 7.07. The van der Waals surface area contributed by atoms with Crippen molar-refractivity contribution in [1.82, 2.24) is 9.55 Å². The molecule has 1 aromatic heterocycles. The van der Waals surface area contributed by atoms with Crippen LogP contribution in [0.25, 0.3) is 0 Å². The van der Waals surface area contributed by atoms with Crippen LogP contribution >= 0.6 is 0 Å². The standard InChI is InChI=1S/C13H23N3/c1-10(2)7-13-15-8-12-4-3-11(5-6-14)9-16(12)13/h8,10-11H,3-7,9,14H2,1-2H3. The van der Waals surface area contributed by atoms with E-state index in [0.717, 1.165) is 31.8 Å². The summed E-state index contributed by atoms with van der Waals surface area (Å²) >= 11 is 0. The van der Waals surface area contributed by atoms with E-state index in [0.29, 0.717) is 5.92 Å². The highest BCUT2D eigenvalue weighted by molar-refractivity contribution is 5.09. The zero-order valence-corrected chi connectivity index (χ0v) is 10.4. The van der Waals surface area contributed by atoms with Crippen molar-refractivity contribution in [2.45, 2.75) is 46.1 Å². The van der Waals surface area contributed by atoms with Crippen LogP contribution in [0.2, 0.25) is 0 Å². The maximum atomic E-state index is 5.65. The lowest BCUT2D eigenvalue weighted by Crippen LogP contribution is -2.24. The van der Waals surface area contributed by atoms with Crippen LogP contribution in [0.1, 0.15) is 38.2 Å². The van der Waals surface area contributed by atoms with E-state index < -0.39 is 0 Å². The molecular weight excluding hydrogens is 198 g/mol. The molecule has 0 bridgehead atoms. The molecule has 1 atom stereocenters. The van der Waals surface area contributed by atoms with Gasteiger partial charge in [0.05, 0.1) is 0 Å². The predicted molar refractivity (Wildman–Crippen MR) is 66.3 cm³/mol. The van der Waals surface area contributed by atoms with Gasteiger partial charge in [-0.05, 0) is 37.6 Å². The van der Waals surface area contributed by atoms with Crippen LogP contribution in [0.4, 0.5) is 0 Å². The topological polar surface area (TPSA) is 43.8 Å². The summed E-state index contributed by atoms with van der Waals surface area (Å²) in [5.74, 6) is 2.71. The van der Waals surface area contributed by atoms with Gasteiger partial charge in [0.15, 0.2) is 0 Å². The molecule has 0 saturated heterocycles. The Bertz CT molecular complexity index is 341. The zero-order valence-electron chi connectivity index (χ0n) is 10.4. The first-order chi connectivity index (χ1) is 7.70.